The van der Waals surface area contributed by atoms with Crippen molar-refractivity contribution in [2.45, 2.75) is 32.3 Å². The molecule has 0 saturated heterocycles. The van der Waals surface area contributed by atoms with Gasteiger partial charge in [0.15, 0.2) is 5.96 Å². The summed E-state index contributed by atoms with van der Waals surface area (Å²) in [6, 6.07) is 5.93. The molecule has 0 aromatic heterocycles. The number of hydrogen-bond acceptors (Lipinski definition) is 4. The van der Waals surface area contributed by atoms with E-state index in [0.717, 1.165) is 12.8 Å². The zero-order chi connectivity index (χ0) is 17.8. The number of ether oxygens (including phenoxy) is 2. The molecule has 1 unspecified atom stereocenters. The van der Waals surface area contributed by atoms with Crippen LogP contribution in [0, 0.1) is 5.82 Å². The summed E-state index contributed by atoms with van der Waals surface area (Å²) < 4.78 is 23.1. The Balaban J connectivity index is 0.00000576. The average Bonchev–Trinajstić information content (AvgIpc) is 2.59. The monoisotopic (exact) mass is 467 g/mol. The number of carbonyl (C=O) groups excluding carboxylic acids is 1. The zero-order valence-electron chi connectivity index (χ0n) is 14.9. The summed E-state index contributed by atoms with van der Waals surface area (Å²) in [4.78, 5) is 15.1. The second kappa shape index (κ2) is 13.7. The molecule has 142 valence electrons. The number of rotatable bonds is 9. The number of nitrogens with zero attached hydrogens (tertiary/aromatic N) is 1. The van der Waals surface area contributed by atoms with Gasteiger partial charge in [0.05, 0.1) is 13.7 Å². The van der Waals surface area contributed by atoms with E-state index in [0.29, 0.717) is 31.2 Å². The lowest BCUT2D eigenvalue weighted by molar-refractivity contribution is -0.140. The number of carbonyl (C=O) groups is 1. The van der Waals surface area contributed by atoms with Crippen molar-refractivity contribution in [1.29, 1.82) is 0 Å². The summed E-state index contributed by atoms with van der Waals surface area (Å²) in [7, 11) is 3.08. The Morgan fingerprint density at radius 3 is 2.52 bits per heavy atom. The van der Waals surface area contributed by atoms with Crippen molar-refractivity contribution in [2.75, 3.05) is 27.2 Å². The molecular formula is C17H27FIN3O3. The lowest BCUT2D eigenvalue weighted by atomic mass is 10.2. The fraction of sp³-hybridized carbons (Fsp3) is 0.529. The first kappa shape index (κ1) is 23.4. The normalized spacial score (nSPS) is 11.9. The molecule has 1 aromatic carbocycles. The van der Waals surface area contributed by atoms with Crippen molar-refractivity contribution >= 4 is 35.9 Å². The molecule has 2 N–H and O–H groups in total. The van der Waals surface area contributed by atoms with Gasteiger partial charge in [-0.25, -0.2) is 4.39 Å². The average molecular weight is 467 g/mol. The molecule has 6 nitrogen and oxygen atoms in total. The van der Waals surface area contributed by atoms with E-state index < -0.39 is 0 Å². The number of esters is 1. The number of nitrogens with one attached hydrogen (secondary N) is 2. The Kier molecular flexibility index (Phi) is 12.8. The number of methoxy groups -OCH3 is 1. The Morgan fingerprint density at radius 2 is 1.92 bits per heavy atom. The van der Waals surface area contributed by atoms with Crippen LogP contribution < -0.4 is 15.4 Å². The summed E-state index contributed by atoms with van der Waals surface area (Å²) in [5.41, 5.74) is 0. The number of halogens is 2. The highest BCUT2D eigenvalue weighted by Gasteiger charge is 2.06. The molecule has 0 aliphatic carbocycles. The van der Waals surface area contributed by atoms with Crippen LogP contribution in [0.4, 0.5) is 4.39 Å². The molecule has 1 atom stereocenters. The topological polar surface area (TPSA) is 72.0 Å². The Bertz CT molecular complexity index is 526. The van der Waals surface area contributed by atoms with E-state index in [-0.39, 0.29) is 41.9 Å². The van der Waals surface area contributed by atoms with Gasteiger partial charge in [0.1, 0.15) is 17.7 Å². The fourth-order valence-corrected chi connectivity index (χ4v) is 1.95. The number of benzene rings is 1. The minimum absolute atomic E-state index is 0. The zero-order valence-corrected chi connectivity index (χ0v) is 17.2. The lowest BCUT2D eigenvalue weighted by Crippen LogP contribution is -2.42. The largest absolute Gasteiger partial charge is 0.489 e. The van der Waals surface area contributed by atoms with Crippen molar-refractivity contribution < 1.29 is 18.7 Å². The summed E-state index contributed by atoms with van der Waals surface area (Å²) in [5, 5.41) is 6.33. The van der Waals surface area contributed by atoms with Crippen LogP contribution in [-0.2, 0) is 9.53 Å². The maximum absolute atomic E-state index is 12.8. The molecule has 0 fully saturated rings. The molecule has 0 amide bonds. The first-order valence-corrected chi connectivity index (χ1v) is 7.98. The van der Waals surface area contributed by atoms with Gasteiger partial charge in [-0.05, 0) is 44.0 Å². The van der Waals surface area contributed by atoms with Crippen LogP contribution in [0.3, 0.4) is 0 Å². The van der Waals surface area contributed by atoms with Crippen LogP contribution in [0.5, 0.6) is 5.75 Å². The van der Waals surface area contributed by atoms with E-state index in [1.54, 1.807) is 19.2 Å². The van der Waals surface area contributed by atoms with Gasteiger partial charge in [0, 0.05) is 20.0 Å². The summed E-state index contributed by atoms with van der Waals surface area (Å²) in [6.07, 6.45) is 1.93. The Labute approximate surface area is 165 Å². The van der Waals surface area contributed by atoms with Gasteiger partial charge in [-0.1, -0.05) is 0 Å². The summed E-state index contributed by atoms with van der Waals surface area (Å²) >= 11 is 0. The number of unbranched alkanes of at least 4 members (excludes halogenated alkanes) is 1. The summed E-state index contributed by atoms with van der Waals surface area (Å²) in [6.45, 7) is 3.18. The third-order valence-electron chi connectivity index (χ3n) is 3.26. The van der Waals surface area contributed by atoms with Gasteiger partial charge in [-0.3, -0.25) is 9.79 Å². The minimum Gasteiger partial charge on any atom is -0.489 e. The van der Waals surface area contributed by atoms with Crippen molar-refractivity contribution in [3.63, 3.8) is 0 Å². The van der Waals surface area contributed by atoms with Gasteiger partial charge >= 0.3 is 5.97 Å². The first-order valence-electron chi connectivity index (χ1n) is 7.98. The van der Waals surface area contributed by atoms with E-state index in [1.165, 1.54) is 19.2 Å². The smallest absolute Gasteiger partial charge is 0.305 e. The molecule has 0 saturated carbocycles. The van der Waals surface area contributed by atoms with E-state index in [1.807, 2.05) is 6.92 Å². The lowest BCUT2D eigenvalue weighted by Gasteiger charge is -2.17. The van der Waals surface area contributed by atoms with Gasteiger partial charge < -0.3 is 20.1 Å². The van der Waals surface area contributed by atoms with Gasteiger partial charge in [0.25, 0.3) is 0 Å². The predicted molar refractivity (Wildman–Crippen MR) is 107 cm³/mol. The minimum atomic E-state index is -0.287. The highest BCUT2D eigenvalue weighted by molar-refractivity contribution is 14.0. The Morgan fingerprint density at radius 1 is 1.24 bits per heavy atom. The third-order valence-corrected chi connectivity index (χ3v) is 3.26. The summed E-state index contributed by atoms with van der Waals surface area (Å²) in [5.74, 6) is 0.813. The van der Waals surface area contributed by atoms with Gasteiger partial charge in [-0.15, -0.1) is 24.0 Å². The van der Waals surface area contributed by atoms with Crippen LogP contribution >= 0.6 is 24.0 Å². The molecule has 0 radical (unpaired) electrons. The molecule has 0 aliphatic heterocycles. The quantitative estimate of drug-likeness (QED) is 0.192. The molecule has 1 rings (SSSR count). The maximum atomic E-state index is 12.8. The van der Waals surface area contributed by atoms with Crippen molar-refractivity contribution in [1.82, 2.24) is 10.6 Å². The second-order valence-corrected chi connectivity index (χ2v) is 5.30. The fourth-order valence-electron chi connectivity index (χ4n) is 1.95. The number of guanidine groups is 1. The van der Waals surface area contributed by atoms with Crippen LogP contribution in [0.2, 0.25) is 0 Å². The van der Waals surface area contributed by atoms with Crippen LogP contribution in [0.15, 0.2) is 29.3 Å². The highest BCUT2D eigenvalue weighted by Crippen LogP contribution is 2.12. The number of hydrogen-bond donors (Lipinski definition) is 2. The van der Waals surface area contributed by atoms with Gasteiger partial charge in [0.2, 0.25) is 0 Å². The van der Waals surface area contributed by atoms with E-state index in [9.17, 15) is 9.18 Å². The molecule has 8 heteroatoms. The van der Waals surface area contributed by atoms with E-state index in [4.69, 9.17) is 4.74 Å². The molecule has 0 heterocycles. The maximum Gasteiger partial charge on any atom is 0.305 e. The molecule has 25 heavy (non-hydrogen) atoms. The molecule has 0 bridgehead atoms. The number of aliphatic imine (C=N–C) groups is 1. The molecule has 0 spiro atoms. The SMILES string of the molecule is CN=C(NCCCCC(=O)OC)NCC(C)Oc1ccc(F)cc1.I. The van der Waals surface area contributed by atoms with Crippen LogP contribution in [0.1, 0.15) is 26.2 Å². The Hall–Kier alpha value is -1.58. The molecule has 1 aromatic rings. The van der Waals surface area contributed by atoms with E-state index >= 15 is 0 Å². The van der Waals surface area contributed by atoms with E-state index in [2.05, 4.69) is 20.4 Å². The van der Waals surface area contributed by atoms with Crippen molar-refractivity contribution in [3.8, 4) is 5.75 Å². The highest BCUT2D eigenvalue weighted by atomic mass is 127. The standard InChI is InChI=1S/C17H26FN3O3.HI/c1-13(24-15-9-7-14(18)8-10-15)12-21-17(19-2)20-11-5-4-6-16(22)23-3;/h7-10,13H,4-6,11-12H2,1-3H3,(H2,19,20,21);1H. The first-order chi connectivity index (χ1) is 11.5. The van der Waals surface area contributed by atoms with Crippen LogP contribution in [0.25, 0.3) is 0 Å². The van der Waals surface area contributed by atoms with Crippen LogP contribution in [-0.4, -0.2) is 45.3 Å². The predicted octanol–water partition coefficient (Wildman–Crippen LogP) is 2.72. The third kappa shape index (κ3) is 10.8. The van der Waals surface area contributed by atoms with Gasteiger partial charge in [-0.2, -0.15) is 0 Å². The van der Waals surface area contributed by atoms with Crippen molar-refractivity contribution in [2.24, 2.45) is 4.99 Å². The molecular weight excluding hydrogens is 440 g/mol. The molecule has 0 aliphatic rings. The second-order valence-electron chi connectivity index (χ2n) is 5.30. The van der Waals surface area contributed by atoms with Crippen molar-refractivity contribution in [3.05, 3.63) is 30.1 Å².